The Hall–Kier alpha value is -1.57. The third kappa shape index (κ3) is 1.22. The molecule has 0 aromatic heterocycles. The highest BCUT2D eigenvalue weighted by molar-refractivity contribution is 5.97. The smallest absolute Gasteiger partial charge is 0.159 e. The maximum absolute atomic E-state index is 12.0. The average Bonchev–Trinajstić information content (AvgIpc) is 2.74. The van der Waals surface area contributed by atoms with Gasteiger partial charge in [0.2, 0.25) is 0 Å². The molecule has 1 fully saturated rings. The molecule has 82 valence electrons. The molecule has 0 bridgehead atoms. The molecule has 0 saturated heterocycles. The van der Waals surface area contributed by atoms with Gasteiger partial charge >= 0.3 is 0 Å². The number of rotatable bonds is 2. The zero-order chi connectivity index (χ0) is 11.1. The van der Waals surface area contributed by atoms with Crippen molar-refractivity contribution in [1.82, 2.24) is 0 Å². The van der Waals surface area contributed by atoms with Crippen LogP contribution in [0.25, 0.3) is 0 Å². The molecular formula is C14H15NO. The Balaban J connectivity index is 1.84. The first kappa shape index (κ1) is 9.64. The zero-order valence-electron chi connectivity index (χ0n) is 9.34. The third-order valence-corrected chi connectivity index (χ3v) is 3.82. The topological polar surface area (TPSA) is 20.3 Å². The molecule has 1 saturated carbocycles. The minimum Gasteiger partial charge on any atom is -0.364 e. The predicted octanol–water partition coefficient (Wildman–Crippen LogP) is 2.27. The third-order valence-electron chi connectivity index (χ3n) is 3.82. The summed E-state index contributed by atoms with van der Waals surface area (Å²) in [5, 5.41) is 0. The van der Waals surface area contributed by atoms with E-state index in [2.05, 4.69) is 29.2 Å². The van der Waals surface area contributed by atoms with Crippen LogP contribution in [-0.4, -0.2) is 18.9 Å². The van der Waals surface area contributed by atoms with E-state index in [1.54, 1.807) is 0 Å². The van der Waals surface area contributed by atoms with Gasteiger partial charge in [-0.3, -0.25) is 4.79 Å². The van der Waals surface area contributed by atoms with Gasteiger partial charge in [-0.05, 0) is 18.6 Å². The second kappa shape index (κ2) is 3.48. The number of hydrogen-bond acceptors (Lipinski definition) is 2. The molecule has 0 amide bonds. The van der Waals surface area contributed by atoms with Crippen LogP contribution in [0.5, 0.6) is 0 Å². The minimum absolute atomic E-state index is 0.0612. The van der Waals surface area contributed by atoms with E-state index >= 15 is 0 Å². The molecule has 0 heterocycles. The Morgan fingerprint density at radius 1 is 1.25 bits per heavy atom. The zero-order valence-corrected chi connectivity index (χ0v) is 9.34. The fourth-order valence-electron chi connectivity index (χ4n) is 2.87. The Morgan fingerprint density at radius 3 is 2.75 bits per heavy atom. The van der Waals surface area contributed by atoms with Crippen LogP contribution < -0.4 is 4.90 Å². The number of nitrogens with zero attached hydrogens (tertiary/aromatic N) is 1. The summed E-state index contributed by atoms with van der Waals surface area (Å²) >= 11 is 0. The highest BCUT2D eigenvalue weighted by Gasteiger charge is 2.51. The number of carbonyl (C=O) groups excluding carboxylic acids is 1. The molecule has 1 aromatic rings. The van der Waals surface area contributed by atoms with Crippen LogP contribution in [0.3, 0.4) is 0 Å². The van der Waals surface area contributed by atoms with Crippen molar-refractivity contribution >= 4 is 11.5 Å². The molecular weight excluding hydrogens is 198 g/mol. The lowest BCUT2D eigenvalue weighted by Gasteiger charge is -2.44. The molecule has 0 unspecified atom stereocenters. The van der Waals surface area contributed by atoms with Crippen molar-refractivity contribution in [2.45, 2.75) is 12.5 Å². The van der Waals surface area contributed by atoms with Crippen molar-refractivity contribution < 1.29 is 4.79 Å². The first-order valence-electron chi connectivity index (χ1n) is 5.77. The number of likely N-dealkylation sites (N-methyl/N-ethyl adjacent to an activating group) is 1. The van der Waals surface area contributed by atoms with E-state index in [1.807, 2.05) is 25.2 Å². The van der Waals surface area contributed by atoms with Crippen molar-refractivity contribution in [1.29, 1.82) is 0 Å². The quantitative estimate of drug-likeness (QED) is 0.702. The van der Waals surface area contributed by atoms with Gasteiger partial charge in [0.1, 0.15) is 0 Å². The van der Waals surface area contributed by atoms with E-state index < -0.39 is 0 Å². The highest BCUT2D eigenvalue weighted by Crippen LogP contribution is 2.43. The van der Waals surface area contributed by atoms with Gasteiger partial charge < -0.3 is 4.90 Å². The summed E-state index contributed by atoms with van der Waals surface area (Å²) in [4.78, 5) is 14.1. The molecule has 2 aliphatic carbocycles. The predicted molar refractivity (Wildman–Crippen MR) is 64.4 cm³/mol. The lowest BCUT2D eigenvalue weighted by Crippen LogP contribution is -2.58. The van der Waals surface area contributed by atoms with Crippen molar-refractivity contribution in [2.75, 3.05) is 11.9 Å². The van der Waals surface area contributed by atoms with Crippen LogP contribution in [0.15, 0.2) is 42.5 Å². The van der Waals surface area contributed by atoms with Gasteiger partial charge in [-0.25, -0.2) is 0 Å². The van der Waals surface area contributed by atoms with Gasteiger partial charge in [0, 0.05) is 24.6 Å². The Kier molecular flexibility index (Phi) is 2.10. The molecule has 0 aliphatic heterocycles. The maximum Gasteiger partial charge on any atom is 0.159 e. The molecule has 2 aliphatic rings. The highest BCUT2D eigenvalue weighted by atomic mass is 16.1. The summed E-state index contributed by atoms with van der Waals surface area (Å²) < 4.78 is 0. The fraction of sp³-hybridized carbons (Fsp3) is 0.357. The first-order chi connectivity index (χ1) is 7.79. The summed E-state index contributed by atoms with van der Waals surface area (Å²) in [6.07, 6.45) is 5.30. The number of hydrogen-bond donors (Lipinski definition) is 0. The fourth-order valence-corrected chi connectivity index (χ4v) is 2.87. The first-order valence-corrected chi connectivity index (χ1v) is 5.77. The van der Waals surface area contributed by atoms with Gasteiger partial charge in [0.25, 0.3) is 0 Å². The second-order valence-corrected chi connectivity index (χ2v) is 4.64. The molecule has 0 spiro atoms. The Morgan fingerprint density at radius 2 is 2.00 bits per heavy atom. The van der Waals surface area contributed by atoms with Crippen LogP contribution in [-0.2, 0) is 4.79 Å². The number of ketones is 1. The summed E-state index contributed by atoms with van der Waals surface area (Å²) in [5.74, 6) is 1.12. The van der Waals surface area contributed by atoms with Crippen molar-refractivity contribution in [2.24, 2.45) is 11.8 Å². The number of anilines is 1. The summed E-state index contributed by atoms with van der Waals surface area (Å²) in [5.41, 5.74) is 1.12. The van der Waals surface area contributed by atoms with Crippen LogP contribution in [0.2, 0.25) is 0 Å². The van der Waals surface area contributed by atoms with Gasteiger partial charge in [-0.2, -0.15) is 0 Å². The number of para-hydroxylation sites is 1. The number of benzene rings is 1. The molecule has 3 atom stereocenters. The number of Topliss-reactive ketones (excluding diaryl/α,β-unsaturated/α-hetero) is 1. The lowest BCUT2D eigenvalue weighted by molar-refractivity contribution is -0.133. The molecule has 0 radical (unpaired) electrons. The van der Waals surface area contributed by atoms with E-state index in [9.17, 15) is 4.79 Å². The van der Waals surface area contributed by atoms with Gasteiger partial charge in [-0.15, -0.1) is 0 Å². The van der Waals surface area contributed by atoms with E-state index in [-0.39, 0.29) is 12.0 Å². The summed E-state index contributed by atoms with van der Waals surface area (Å²) in [6, 6.07) is 10.2. The number of fused-ring (bicyclic) bond motifs is 1. The molecule has 0 N–H and O–H groups in total. The van der Waals surface area contributed by atoms with Crippen LogP contribution in [0, 0.1) is 11.8 Å². The molecule has 16 heavy (non-hydrogen) atoms. The Bertz CT molecular complexity index is 437. The van der Waals surface area contributed by atoms with Gasteiger partial charge in [0.05, 0.1) is 6.04 Å². The monoisotopic (exact) mass is 213 g/mol. The van der Waals surface area contributed by atoms with Crippen LogP contribution in [0.1, 0.15) is 6.42 Å². The SMILES string of the molecule is CN(c1ccccc1)[C@@H]1C(=O)[C@@H]2CC=C[C@H]12. The van der Waals surface area contributed by atoms with Crippen LogP contribution in [0.4, 0.5) is 5.69 Å². The average molecular weight is 213 g/mol. The minimum atomic E-state index is 0.0612. The van der Waals surface area contributed by atoms with E-state index in [0.717, 1.165) is 12.1 Å². The van der Waals surface area contributed by atoms with Crippen molar-refractivity contribution in [3.63, 3.8) is 0 Å². The molecule has 2 heteroatoms. The van der Waals surface area contributed by atoms with E-state index in [4.69, 9.17) is 0 Å². The second-order valence-electron chi connectivity index (χ2n) is 4.64. The number of carbonyl (C=O) groups is 1. The lowest BCUT2D eigenvalue weighted by atomic mass is 9.69. The largest absolute Gasteiger partial charge is 0.364 e. The number of allylic oxidation sites excluding steroid dienone is 1. The standard InChI is InChI=1S/C14H15NO/c1-15(10-6-3-2-4-7-10)13-11-8-5-9-12(11)14(13)16/h2-8,11-13H,9H2,1H3/t11-,12+,13-/m0/s1. The van der Waals surface area contributed by atoms with Crippen LogP contribution >= 0.6 is 0 Å². The summed E-state index contributed by atoms with van der Waals surface area (Å²) in [7, 11) is 2.01. The summed E-state index contributed by atoms with van der Waals surface area (Å²) in [6.45, 7) is 0. The van der Waals surface area contributed by atoms with Crippen molar-refractivity contribution in [3.05, 3.63) is 42.5 Å². The van der Waals surface area contributed by atoms with E-state index in [0.29, 0.717) is 11.7 Å². The molecule has 3 rings (SSSR count). The molecule has 1 aromatic carbocycles. The maximum atomic E-state index is 12.0. The van der Waals surface area contributed by atoms with Gasteiger partial charge in [-0.1, -0.05) is 30.4 Å². The van der Waals surface area contributed by atoms with Crippen molar-refractivity contribution in [3.8, 4) is 0 Å². The molecule has 2 nitrogen and oxygen atoms in total. The van der Waals surface area contributed by atoms with Gasteiger partial charge in [0.15, 0.2) is 5.78 Å². The van der Waals surface area contributed by atoms with E-state index in [1.165, 1.54) is 0 Å². The normalized spacial score (nSPS) is 31.1. The Labute approximate surface area is 95.6 Å².